The Morgan fingerprint density at radius 1 is 1.04 bits per heavy atom. The fraction of sp³-hybridized carbons (Fsp3) is 0.429. The molecule has 0 bridgehead atoms. The van der Waals surface area contributed by atoms with E-state index in [1.54, 1.807) is 36.4 Å². The lowest BCUT2D eigenvalue weighted by Crippen LogP contribution is -2.48. The van der Waals surface area contributed by atoms with E-state index in [-0.39, 0.29) is 16.5 Å². The third-order valence-corrected chi connectivity index (χ3v) is 6.04. The normalized spacial score (nSPS) is 19.0. The highest BCUT2D eigenvalue weighted by molar-refractivity contribution is 7.87. The minimum atomic E-state index is -3.84. The van der Waals surface area contributed by atoms with E-state index in [2.05, 4.69) is 25.7 Å². The van der Waals surface area contributed by atoms with Crippen molar-refractivity contribution in [1.29, 1.82) is 0 Å². The first-order valence-electron chi connectivity index (χ1n) is 9.13. The van der Waals surface area contributed by atoms with E-state index in [0.717, 1.165) is 24.2 Å². The molecule has 0 amide bonds. The smallest absolute Gasteiger partial charge is 0.339 e. The zero-order valence-electron chi connectivity index (χ0n) is 16.3. The summed E-state index contributed by atoms with van der Waals surface area (Å²) in [5.74, 6) is 0.294. The van der Waals surface area contributed by atoms with Crippen molar-refractivity contribution in [2.75, 3.05) is 19.7 Å². The van der Waals surface area contributed by atoms with Gasteiger partial charge in [0.2, 0.25) is 0 Å². The minimum absolute atomic E-state index is 0.0271. The maximum absolute atomic E-state index is 12.4. The van der Waals surface area contributed by atoms with Gasteiger partial charge in [-0.1, -0.05) is 29.8 Å². The monoisotopic (exact) mass is 389 g/mol. The van der Waals surface area contributed by atoms with Crippen LogP contribution in [0.4, 0.5) is 0 Å². The number of aryl methyl sites for hydroxylation is 1. The third kappa shape index (κ3) is 4.89. The van der Waals surface area contributed by atoms with Crippen LogP contribution in [0.15, 0.2) is 53.4 Å². The van der Waals surface area contributed by atoms with Crippen LogP contribution in [-0.4, -0.2) is 38.6 Å². The van der Waals surface area contributed by atoms with E-state index in [9.17, 15) is 8.42 Å². The minimum Gasteiger partial charge on any atom is -0.379 e. The van der Waals surface area contributed by atoms with Gasteiger partial charge in [-0.2, -0.15) is 8.42 Å². The maximum Gasteiger partial charge on any atom is 0.339 e. The Morgan fingerprint density at radius 3 is 2.26 bits per heavy atom. The summed E-state index contributed by atoms with van der Waals surface area (Å²) in [6, 6.07) is 13.7. The quantitative estimate of drug-likeness (QED) is 0.742. The Morgan fingerprint density at radius 2 is 1.67 bits per heavy atom. The molecule has 6 heteroatoms. The van der Waals surface area contributed by atoms with Gasteiger partial charge in [0.05, 0.1) is 12.7 Å². The van der Waals surface area contributed by atoms with Gasteiger partial charge in [-0.3, -0.25) is 4.90 Å². The van der Waals surface area contributed by atoms with E-state index < -0.39 is 10.1 Å². The highest BCUT2D eigenvalue weighted by Crippen LogP contribution is 2.28. The molecule has 0 radical (unpaired) electrons. The summed E-state index contributed by atoms with van der Waals surface area (Å²) in [7, 11) is -3.84. The number of ether oxygens (including phenoxy) is 1. The van der Waals surface area contributed by atoms with Gasteiger partial charge in [0.15, 0.2) is 0 Å². The highest BCUT2D eigenvalue weighted by Gasteiger charge is 2.29. The molecule has 5 nitrogen and oxygen atoms in total. The van der Waals surface area contributed by atoms with Crippen molar-refractivity contribution < 1.29 is 17.3 Å². The van der Waals surface area contributed by atoms with Crippen LogP contribution in [0.5, 0.6) is 5.75 Å². The fourth-order valence-electron chi connectivity index (χ4n) is 3.08. The number of nitrogens with zero attached hydrogens (tertiary/aromatic N) is 1. The molecule has 1 saturated heterocycles. The molecular formula is C21H27NO4S. The van der Waals surface area contributed by atoms with Gasteiger partial charge in [-0.05, 0) is 57.5 Å². The first-order chi connectivity index (χ1) is 12.6. The fourth-order valence-corrected chi connectivity index (χ4v) is 4.01. The van der Waals surface area contributed by atoms with Crippen LogP contribution in [0, 0.1) is 6.92 Å². The molecule has 0 aromatic heterocycles. The molecule has 0 N–H and O–H groups in total. The Hall–Kier alpha value is -1.89. The lowest BCUT2D eigenvalue weighted by atomic mass is 10.0. The van der Waals surface area contributed by atoms with Crippen molar-refractivity contribution in [3.8, 4) is 5.75 Å². The van der Waals surface area contributed by atoms with E-state index >= 15 is 0 Å². The van der Waals surface area contributed by atoms with Crippen LogP contribution < -0.4 is 4.18 Å². The van der Waals surface area contributed by atoms with Crippen LogP contribution in [0.1, 0.15) is 38.0 Å². The maximum atomic E-state index is 12.4. The molecule has 2 aromatic rings. The SMILES string of the molecule is Cc1ccc(S(=O)(=O)Oc2ccc([C@H]3CN(C(C)(C)C)CCO3)cc2)cc1. The number of benzene rings is 2. The predicted octanol–water partition coefficient (Wildman–Crippen LogP) is 3.93. The van der Waals surface area contributed by atoms with E-state index in [1.165, 1.54) is 0 Å². The molecule has 0 saturated carbocycles. The van der Waals surface area contributed by atoms with Crippen LogP contribution in [0.25, 0.3) is 0 Å². The van der Waals surface area contributed by atoms with Crippen molar-refractivity contribution in [2.24, 2.45) is 0 Å². The lowest BCUT2D eigenvalue weighted by molar-refractivity contribution is -0.0596. The lowest BCUT2D eigenvalue weighted by Gasteiger charge is -2.41. The Bertz CT molecular complexity index is 868. The van der Waals surface area contributed by atoms with Gasteiger partial charge in [-0.15, -0.1) is 0 Å². The van der Waals surface area contributed by atoms with Gasteiger partial charge >= 0.3 is 10.1 Å². The summed E-state index contributed by atoms with van der Waals surface area (Å²) >= 11 is 0. The zero-order chi connectivity index (χ0) is 19.7. The van der Waals surface area contributed by atoms with E-state index in [4.69, 9.17) is 8.92 Å². The largest absolute Gasteiger partial charge is 0.379 e. The third-order valence-electron chi connectivity index (χ3n) is 4.78. The Balaban J connectivity index is 1.71. The molecule has 3 rings (SSSR count). The summed E-state index contributed by atoms with van der Waals surface area (Å²) < 4.78 is 36.0. The van der Waals surface area contributed by atoms with Crippen molar-refractivity contribution in [3.05, 3.63) is 59.7 Å². The summed E-state index contributed by atoms with van der Waals surface area (Å²) in [5.41, 5.74) is 2.10. The molecule has 0 spiro atoms. The first-order valence-corrected chi connectivity index (χ1v) is 10.5. The molecule has 1 atom stereocenters. The molecule has 0 aliphatic carbocycles. The van der Waals surface area contributed by atoms with Crippen molar-refractivity contribution in [1.82, 2.24) is 4.90 Å². The molecule has 1 aliphatic heterocycles. The average Bonchev–Trinajstić information content (AvgIpc) is 2.62. The molecule has 1 aliphatic rings. The summed E-state index contributed by atoms with van der Waals surface area (Å²) in [6.07, 6.45) is -0.0271. The van der Waals surface area contributed by atoms with Gasteiger partial charge in [0.1, 0.15) is 10.6 Å². The van der Waals surface area contributed by atoms with E-state index in [0.29, 0.717) is 12.4 Å². The molecule has 2 aromatic carbocycles. The Labute approximate surface area is 162 Å². The van der Waals surface area contributed by atoms with Gasteiger partial charge < -0.3 is 8.92 Å². The first kappa shape index (κ1) is 19.9. The van der Waals surface area contributed by atoms with Crippen molar-refractivity contribution in [2.45, 2.75) is 44.2 Å². The summed E-state index contributed by atoms with van der Waals surface area (Å²) in [5, 5.41) is 0. The topological polar surface area (TPSA) is 55.8 Å². The zero-order valence-corrected chi connectivity index (χ0v) is 17.1. The summed E-state index contributed by atoms with van der Waals surface area (Å²) in [6.45, 7) is 10.9. The molecule has 146 valence electrons. The standard InChI is InChI=1S/C21H27NO4S/c1-16-5-11-19(12-6-16)27(23,24)26-18-9-7-17(8-10-18)20-15-22(13-14-25-20)21(2,3)4/h5-12,20H,13-15H2,1-4H3/t20-/m1/s1. The second kappa shape index (κ2) is 7.62. The number of hydrogen-bond donors (Lipinski definition) is 0. The highest BCUT2D eigenvalue weighted by atomic mass is 32.2. The number of rotatable bonds is 4. The predicted molar refractivity (Wildman–Crippen MR) is 105 cm³/mol. The van der Waals surface area contributed by atoms with Crippen molar-refractivity contribution in [3.63, 3.8) is 0 Å². The van der Waals surface area contributed by atoms with E-state index in [1.807, 2.05) is 19.1 Å². The molecular weight excluding hydrogens is 362 g/mol. The van der Waals surface area contributed by atoms with Crippen molar-refractivity contribution >= 4 is 10.1 Å². The molecule has 1 heterocycles. The number of hydrogen-bond acceptors (Lipinski definition) is 5. The van der Waals surface area contributed by atoms with Gasteiger partial charge in [0, 0.05) is 18.6 Å². The van der Waals surface area contributed by atoms with Crippen LogP contribution >= 0.6 is 0 Å². The van der Waals surface area contributed by atoms with Gasteiger partial charge in [0.25, 0.3) is 0 Å². The second-order valence-corrected chi connectivity index (χ2v) is 9.44. The van der Waals surface area contributed by atoms with Gasteiger partial charge in [-0.25, -0.2) is 0 Å². The molecule has 0 unspecified atom stereocenters. The van der Waals surface area contributed by atoms with Crippen LogP contribution in [-0.2, 0) is 14.9 Å². The number of morpholine rings is 1. The summed E-state index contributed by atoms with van der Waals surface area (Å²) in [4.78, 5) is 2.54. The second-order valence-electron chi connectivity index (χ2n) is 7.90. The average molecular weight is 390 g/mol. The van der Waals surface area contributed by atoms with Crippen LogP contribution in [0.2, 0.25) is 0 Å². The molecule has 27 heavy (non-hydrogen) atoms. The van der Waals surface area contributed by atoms with Crippen LogP contribution in [0.3, 0.4) is 0 Å². The molecule has 1 fully saturated rings. The Kier molecular flexibility index (Phi) is 5.60.